The summed E-state index contributed by atoms with van der Waals surface area (Å²) in [5.74, 6) is 0. The van der Waals surface area contributed by atoms with E-state index in [9.17, 15) is 0 Å². The molecule has 0 spiro atoms. The molecule has 0 aliphatic heterocycles. The molecule has 39 valence electrons. The summed E-state index contributed by atoms with van der Waals surface area (Å²) in [7, 11) is 0. The zero-order chi connectivity index (χ0) is 5.86. The van der Waals surface area contributed by atoms with Crippen molar-refractivity contribution < 1.29 is 4.74 Å². The Morgan fingerprint density at radius 2 is 2.43 bits per heavy atom. The van der Waals surface area contributed by atoms with Crippen LogP contribution in [-0.2, 0) is 4.74 Å². The van der Waals surface area contributed by atoms with Gasteiger partial charge in [0.25, 0.3) is 0 Å². The maximum absolute atomic E-state index is 5.08. The fraction of sp³-hybridized carbons (Fsp3) is 0.500. The second-order valence-electron chi connectivity index (χ2n) is 1.08. The second kappa shape index (κ2) is 4.00. The molecule has 1 nitrogen and oxygen atoms in total. The van der Waals surface area contributed by atoms with Gasteiger partial charge >= 0.3 is 71.2 Å². The molecule has 0 saturated heterocycles. The van der Waals surface area contributed by atoms with E-state index in [0.717, 1.165) is 3.78 Å². The Hall–Kier alpha value is 1.07. The van der Waals surface area contributed by atoms with E-state index in [4.69, 9.17) is 4.74 Å². The van der Waals surface area contributed by atoms with Crippen LogP contribution in [0.3, 0.4) is 0 Å². The van der Waals surface area contributed by atoms with E-state index in [1.54, 1.807) is 0 Å². The van der Waals surface area contributed by atoms with Gasteiger partial charge in [0.1, 0.15) is 0 Å². The van der Waals surface area contributed by atoms with Crippen molar-refractivity contribution in [2.45, 2.75) is 11.0 Å². The number of rotatable bonds is 2. The predicted octanol–water partition coefficient (Wildman–Crippen LogP) is 1.42. The van der Waals surface area contributed by atoms with Gasteiger partial charge in [-0.05, 0) is 0 Å². The molecule has 0 amide bonds. The summed E-state index contributed by atoms with van der Waals surface area (Å²) in [4.78, 5) is 0. The number of hydrogen-bond acceptors (Lipinski definition) is 1. The summed E-state index contributed by atoms with van der Waals surface area (Å²) in [5.41, 5.74) is 0. The van der Waals surface area contributed by atoms with Crippen LogP contribution in [0.4, 0.5) is 0 Å². The molecule has 0 rings (SSSR count). The van der Waals surface area contributed by atoms with Crippen LogP contribution < -0.4 is 0 Å². The molecule has 0 aromatic carbocycles. The van der Waals surface area contributed by atoms with Crippen molar-refractivity contribution >= 4 is 45.1 Å². The maximum atomic E-state index is 5.08. The monoisotopic (exact) mass is 317 g/mol. The van der Waals surface area contributed by atoms with Gasteiger partial charge in [0.15, 0.2) is 0 Å². The van der Waals surface area contributed by atoms with Crippen LogP contribution in [-0.4, -0.2) is 26.6 Å². The van der Waals surface area contributed by atoms with Crippen LogP contribution in [0.15, 0.2) is 10.4 Å². The SMILES string of the molecule is C=[C]([Sn])OC(C)I. The first-order chi connectivity index (χ1) is 3.13. The van der Waals surface area contributed by atoms with E-state index < -0.39 is 0 Å². The van der Waals surface area contributed by atoms with Crippen molar-refractivity contribution in [2.75, 3.05) is 0 Å². The van der Waals surface area contributed by atoms with Crippen LogP contribution in [0.1, 0.15) is 6.92 Å². The third-order valence-corrected chi connectivity index (χ3v) is 0.895. The molecule has 3 heteroatoms. The summed E-state index contributed by atoms with van der Waals surface area (Å²) in [6, 6.07) is 0. The summed E-state index contributed by atoms with van der Waals surface area (Å²) >= 11 is 3.45. The Bertz CT molecular complexity index is 72.1. The summed E-state index contributed by atoms with van der Waals surface area (Å²) in [5, 5.41) is 0. The van der Waals surface area contributed by atoms with Gasteiger partial charge < -0.3 is 0 Å². The van der Waals surface area contributed by atoms with Crippen molar-refractivity contribution in [2.24, 2.45) is 0 Å². The van der Waals surface area contributed by atoms with Gasteiger partial charge in [-0.2, -0.15) is 0 Å². The molecule has 1 unspecified atom stereocenters. The molecule has 0 bridgehead atoms. The third kappa shape index (κ3) is 7.07. The average Bonchev–Trinajstić information content (AvgIpc) is 1.27. The van der Waals surface area contributed by atoms with Gasteiger partial charge in [-0.15, -0.1) is 0 Å². The van der Waals surface area contributed by atoms with Crippen molar-refractivity contribution in [3.63, 3.8) is 0 Å². The van der Waals surface area contributed by atoms with Crippen LogP contribution >= 0.6 is 22.6 Å². The van der Waals surface area contributed by atoms with Crippen LogP contribution in [0.2, 0.25) is 0 Å². The first-order valence-electron chi connectivity index (χ1n) is 1.84. The van der Waals surface area contributed by atoms with Crippen molar-refractivity contribution in [1.82, 2.24) is 0 Å². The van der Waals surface area contributed by atoms with Gasteiger partial charge in [-0.25, -0.2) is 0 Å². The number of hydrogen-bond donors (Lipinski definition) is 0. The topological polar surface area (TPSA) is 9.23 Å². The van der Waals surface area contributed by atoms with E-state index in [1.165, 1.54) is 22.5 Å². The first-order valence-corrected chi connectivity index (χ1v) is 4.51. The summed E-state index contributed by atoms with van der Waals surface area (Å²) in [6.45, 7) is 5.59. The molecule has 0 N–H and O–H groups in total. The van der Waals surface area contributed by atoms with Crippen LogP contribution in [0.25, 0.3) is 0 Å². The Kier molecular flexibility index (Phi) is 4.61. The van der Waals surface area contributed by atoms with E-state index in [1.807, 2.05) is 6.92 Å². The molecule has 0 saturated carbocycles. The number of halogens is 1. The van der Waals surface area contributed by atoms with Gasteiger partial charge in [-0.1, -0.05) is 0 Å². The van der Waals surface area contributed by atoms with Gasteiger partial charge in [-0.3, -0.25) is 0 Å². The van der Waals surface area contributed by atoms with Crippen LogP contribution in [0, 0.1) is 0 Å². The van der Waals surface area contributed by atoms with E-state index in [-0.39, 0.29) is 4.11 Å². The van der Waals surface area contributed by atoms with E-state index in [2.05, 4.69) is 29.2 Å². The van der Waals surface area contributed by atoms with E-state index >= 15 is 0 Å². The Morgan fingerprint density at radius 1 is 2.00 bits per heavy atom. The third-order valence-electron chi connectivity index (χ3n) is 0.305. The molecule has 0 aliphatic rings. The van der Waals surface area contributed by atoms with Crippen molar-refractivity contribution in [3.05, 3.63) is 10.4 Å². The first kappa shape index (κ1) is 8.07. The standard InChI is InChI=1S/C4H6IO.Sn/c1-3-6-4(2)5;/h4H,1H2,2H3;. The second-order valence-corrected chi connectivity index (χ2v) is 4.43. The zero-order valence-corrected chi connectivity index (χ0v) is 9.08. The number of alkyl halides is 1. The summed E-state index contributed by atoms with van der Waals surface area (Å²) in [6.07, 6.45) is 0. The molecule has 0 fully saturated rings. The molecule has 3 radical (unpaired) electrons. The molecular formula is C4H6IOSn. The molecule has 0 aliphatic carbocycles. The molecule has 0 heterocycles. The normalized spacial score (nSPS) is 13.0. The minimum absolute atomic E-state index is 0.268. The number of ether oxygens (including phenoxy) is 1. The zero-order valence-electron chi connectivity index (χ0n) is 4.07. The van der Waals surface area contributed by atoms with Crippen LogP contribution in [0.5, 0.6) is 0 Å². The minimum atomic E-state index is 0.268. The summed E-state index contributed by atoms with van der Waals surface area (Å²) < 4.78 is 6.22. The van der Waals surface area contributed by atoms with Crippen molar-refractivity contribution in [1.29, 1.82) is 0 Å². The van der Waals surface area contributed by atoms with Gasteiger partial charge in [0.2, 0.25) is 0 Å². The quantitative estimate of drug-likeness (QED) is 0.324. The Labute approximate surface area is 70.7 Å². The molecule has 0 aromatic rings. The molecule has 0 aromatic heterocycles. The fourth-order valence-corrected chi connectivity index (χ4v) is 1.69. The molecular weight excluding hydrogens is 310 g/mol. The predicted molar refractivity (Wildman–Crippen MR) is 39.5 cm³/mol. The van der Waals surface area contributed by atoms with Crippen molar-refractivity contribution in [3.8, 4) is 0 Å². The average molecular weight is 316 g/mol. The van der Waals surface area contributed by atoms with Gasteiger partial charge in [0.05, 0.1) is 0 Å². The molecule has 7 heavy (non-hydrogen) atoms. The fourth-order valence-electron chi connectivity index (χ4n) is 0.196. The Morgan fingerprint density at radius 3 is 2.43 bits per heavy atom. The molecule has 1 atom stereocenters. The van der Waals surface area contributed by atoms with E-state index in [0.29, 0.717) is 0 Å². The van der Waals surface area contributed by atoms with Gasteiger partial charge in [0, 0.05) is 0 Å². The Balaban J connectivity index is 3.13.